The van der Waals surface area contributed by atoms with Crippen molar-refractivity contribution >= 4 is 18.2 Å². The summed E-state index contributed by atoms with van der Waals surface area (Å²) in [4.78, 5) is 4.14. The van der Waals surface area contributed by atoms with Gasteiger partial charge in [-0.25, -0.2) is 4.98 Å². The van der Waals surface area contributed by atoms with E-state index in [1.807, 2.05) is 19.1 Å². The first-order chi connectivity index (χ1) is 5.24. The van der Waals surface area contributed by atoms with Crippen LogP contribution in [0.4, 0.5) is 0 Å². The van der Waals surface area contributed by atoms with Crippen molar-refractivity contribution in [3.05, 3.63) is 29.6 Å². The zero-order chi connectivity index (χ0) is 8.27. The van der Waals surface area contributed by atoms with Crippen molar-refractivity contribution < 1.29 is 0 Å². The zero-order valence-corrected chi connectivity index (χ0v) is 7.69. The Bertz CT molecular complexity index is 273. The minimum absolute atomic E-state index is 0. The summed E-state index contributed by atoms with van der Waals surface area (Å²) in [6.07, 6.45) is 0.876. The molecule has 0 unspecified atom stereocenters. The number of rotatable bonds is 2. The van der Waals surface area contributed by atoms with Gasteiger partial charge >= 0.3 is 0 Å². The highest BCUT2D eigenvalue weighted by Crippen LogP contribution is 1.98. The molecule has 0 aliphatic carbocycles. The van der Waals surface area contributed by atoms with Gasteiger partial charge in [-0.05, 0) is 18.6 Å². The minimum atomic E-state index is 0. The topological polar surface area (TPSA) is 62.8 Å². The summed E-state index contributed by atoms with van der Waals surface area (Å²) >= 11 is 0. The van der Waals surface area contributed by atoms with Crippen molar-refractivity contribution in [2.45, 2.75) is 13.3 Å². The quantitative estimate of drug-likeness (QED) is 0.540. The average molecular weight is 186 g/mol. The highest BCUT2D eigenvalue weighted by atomic mass is 35.5. The molecule has 12 heavy (non-hydrogen) atoms. The average Bonchev–Trinajstić information content (AvgIpc) is 2.05. The molecule has 1 aromatic heterocycles. The lowest BCUT2D eigenvalue weighted by atomic mass is 10.2. The lowest BCUT2D eigenvalue weighted by molar-refractivity contribution is 1.02. The lowest BCUT2D eigenvalue weighted by Crippen LogP contribution is -2.13. The van der Waals surface area contributed by atoms with Crippen LogP contribution in [0.5, 0.6) is 0 Å². The van der Waals surface area contributed by atoms with Crippen LogP contribution in [0.2, 0.25) is 0 Å². The Morgan fingerprint density at radius 1 is 1.58 bits per heavy atom. The minimum Gasteiger partial charge on any atom is -0.382 e. The fourth-order valence-corrected chi connectivity index (χ4v) is 0.826. The molecular weight excluding hydrogens is 174 g/mol. The summed E-state index contributed by atoms with van der Waals surface area (Å²) in [6.45, 7) is 2.02. The predicted molar refractivity (Wildman–Crippen MR) is 51.9 cm³/mol. The number of aromatic nitrogens is 1. The van der Waals surface area contributed by atoms with Gasteiger partial charge in [0, 0.05) is 5.69 Å². The number of nitrogens with zero attached hydrogens (tertiary/aromatic N) is 1. The van der Waals surface area contributed by atoms with Gasteiger partial charge in [0.25, 0.3) is 0 Å². The highest BCUT2D eigenvalue weighted by Gasteiger charge is 1.97. The predicted octanol–water partition coefficient (Wildman–Crippen LogP) is 1.35. The second-order valence-electron chi connectivity index (χ2n) is 2.28. The summed E-state index contributed by atoms with van der Waals surface area (Å²) in [6, 6.07) is 5.52. The highest BCUT2D eigenvalue weighted by molar-refractivity contribution is 5.92. The largest absolute Gasteiger partial charge is 0.382 e. The first-order valence-electron chi connectivity index (χ1n) is 3.54. The Labute approximate surface area is 77.9 Å². The summed E-state index contributed by atoms with van der Waals surface area (Å²) in [5.74, 6) is 0.0281. The van der Waals surface area contributed by atoms with Crippen molar-refractivity contribution in [2.75, 3.05) is 0 Å². The lowest BCUT2D eigenvalue weighted by Gasteiger charge is -1.98. The van der Waals surface area contributed by atoms with Gasteiger partial charge in [-0.15, -0.1) is 12.4 Å². The number of hydrogen-bond donors (Lipinski definition) is 2. The Kier molecular flexibility index (Phi) is 4.29. The number of nitrogens with two attached hydrogens (primary N) is 1. The van der Waals surface area contributed by atoms with Gasteiger partial charge in [0.2, 0.25) is 0 Å². The molecule has 0 bridgehead atoms. The number of halogens is 1. The molecule has 4 heteroatoms. The second kappa shape index (κ2) is 4.72. The smallest absolute Gasteiger partial charge is 0.141 e. The van der Waals surface area contributed by atoms with Crippen LogP contribution in [0.3, 0.4) is 0 Å². The van der Waals surface area contributed by atoms with Gasteiger partial charge < -0.3 is 5.73 Å². The normalized spacial score (nSPS) is 8.75. The molecule has 0 radical (unpaired) electrons. The van der Waals surface area contributed by atoms with Gasteiger partial charge in [-0.3, -0.25) is 5.41 Å². The SMILES string of the molecule is CCc1cccc(C(=N)N)n1.Cl. The maximum atomic E-state index is 7.12. The van der Waals surface area contributed by atoms with E-state index in [1.54, 1.807) is 6.07 Å². The van der Waals surface area contributed by atoms with Crippen molar-refractivity contribution in [1.29, 1.82) is 5.41 Å². The number of nitrogens with one attached hydrogen (secondary N) is 1. The van der Waals surface area contributed by atoms with Crippen molar-refractivity contribution in [2.24, 2.45) is 5.73 Å². The molecule has 1 aromatic rings. The van der Waals surface area contributed by atoms with Gasteiger partial charge in [-0.1, -0.05) is 13.0 Å². The molecular formula is C8H12ClN3. The van der Waals surface area contributed by atoms with Gasteiger partial charge in [0.05, 0.1) is 0 Å². The van der Waals surface area contributed by atoms with E-state index in [-0.39, 0.29) is 18.2 Å². The monoisotopic (exact) mass is 185 g/mol. The van der Waals surface area contributed by atoms with Gasteiger partial charge in [0.15, 0.2) is 0 Å². The molecule has 0 aliphatic rings. The van der Waals surface area contributed by atoms with Crippen LogP contribution in [-0.2, 0) is 6.42 Å². The molecule has 0 aromatic carbocycles. The first kappa shape index (κ1) is 10.9. The van der Waals surface area contributed by atoms with Crippen LogP contribution >= 0.6 is 12.4 Å². The molecule has 0 fully saturated rings. The maximum absolute atomic E-state index is 7.12. The van der Waals surface area contributed by atoms with E-state index in [4.69, 9.17) is 11.1 Å². The Hall–Kier alpha value is -1.09. The van der Waals surface area contributed by atoms with Crippen molar-refractivity contribution in [3.8, 4) is 0 Å². The number of nitrogen functional groups attached to an aromatic ring is 1. The van der Waals surface area contributed by atoms with Crippen molar-refractivity contribution in [3.63, 3.8) is 0 Å². The molecule has 0 amide bonds. The number of pyridine rings is 1. The standard InChI is InChI=1S/C8H11N3.ClH/c1-2-6-4-3-5-7(11-6)8(9)10;/h3-5H,2H2,1H3,(H3,9,10);1H. The summed E-state index contributed by atoms with van der Waals surface area (Å²) in [5, 5.41) is 7.12. The zero-order valence-electron chi connectivity index (χ0n) is 6.87. The molecule has 0 saturated heterocycles. The third-order valence-corrected chi connectivity index (χ3v) is 1.44. The first-order valence-corrected chi connectivity index (χ1v) is 3.54. The summed E-state index contributed by atoms with van der Waals surface area (Å²) in [7, 11) is 0. The third-order valence-electron chi connectivity index (χ3n) is 1.44. The Morgan fingerprint density at radius 3 is 2.75 bits per heavy atom. The number of amidine groups is 1. The summed E-state index contributed by atoms with van der Waals surface area (Å²) < 4.78 is 0. The van der Waals surface area contributed by atoms with Crippen LogP contribution < -0.4 is 5.73 Å². The van der Waals surface area contributed by atoms with Gasteiger partial charge in [-0.2, -0.15) is 0 Å². The van der Waals surface area contributed by atoms with E-state index in [1.165, 1.54) is 0 Å². The molecule has 0 spiro atoms. The van der Waals surface area contributed by atoms with E-state index in [0.717, 1.165) is 12.1 Å². The van der Waals surface area contributed by atoms with E-state index < -0.39 is 0 Å². The number of hydrogen-bond acceptors (Lipinski definition) is 2. The molecule has 0 saturated carbocycles. The van der Waals surface area contributed by atoms with E-state index in [0.29, 0.717) is 5.69 Å². The van der Waals surface area contributed by atoms with E-state index >= 15 is 0 Å². The van der Waals surface area contributed by atoms with Crippen LogP contribution in [0.15, 0.2) is 18.2 Å². The van der Waals surface area contributed by atoms with Crippen LogP contribution in [-0.4, -0.2) is 10.8 Å². The fraction of sp³-hybridized carbons (Fsp3) is 0.250. The molecule has 1 heterocycles. The van der Waals surface area contributed by atoms with E-state index in [9.17, 15) is 0 Å². The molecule has 3 N–H and O–H groups in total. The molecule has 3 nitrogen and oxygen atoms in total. The van der Waals surface area contributed by atoms with Crippen molar-refractivity contribution in [1.82, 2.24) is 4.98 Å². The van der Waals surface area contributed by atoms with Crippen LogP contribution in [0.1, 0.15) is 18.3 Å². The molecule has 0 atom stereocenters. The Balaban J connectivity index is 0.00000121. The van der Waals surface area contributed by atoms with Gasteiger partial charge in [0.1, 0.15) is 11.5 Å². The number of aryl methyl sites for hydroxylation is 1. The molecule has 1 rings (SSSR count). The summed E-state index contributed by atoms with van der Waals surface area (Å²) in [5.41, 5.74) is 6.79. The third kappa shape index (κ3) is 2.51. The maximum Gasteiger partial charge on any atom is 0.141 e. The molecule has 66 valence electrons. The fourth-order valence-electron chi connectivity index (χ4n) is 0.826. The Morgan fingerprint density at radius 2 is 2.25 bits per heavy atom. The second-order valence-corrected chi connectivity index (χ2v) is 2.28. The van der Waals surface area contributed by atoms with Crippen LogP contribution in [0, 0.1) is 5.41 Å². The van der Waals surface area contributed by atoms with E-state index in [2.05, 4.69) is 4.98 Å². The van der Waals surface area contributed by atoms with Crippen LogP contribution in [0.25, 0.3) is 0 Å². The molecule has 0 aliphatic heterocycles.